The van der Waals surface area contributed by atoms with Gasteiger partial charge in [-0.15, -0.1) is 0 Å². The third-order valence-electron chi connectivity index (χ3n) is 3.18. The van der Waals surface area contributed by atoms with Crippen LogP contribution in [0.5, 0.6) is 0 Å². The molecule has 0 saturated heterocycles. The van der Waals surface area contributed by atoms with Gasteiger partial charge in [-0.25, -0.2) is 4.90 Å². The second kappa shape index (κ2) is 3.68. The van der Waals surface area contributed by atoms with Crippen molar-refractivity contribution >= 4 is 23.2 Å². The van der Waals surface area contributed by atoms with Gasteiger partial charge in [0.15, 0.2) is 0 Å². The van der Waals surface area contributed by atoms with Crippen molar-refractivity contribution in [3.8, 4) is 0 Å². The first-order valence-corrected chi connectivity index (χ1v) is 5.78. The number of imide groups is 1. The zero-order valence-corrected chi connectivity index (χ0v) is 10.5. The van der Waals surface area contributed by atoms with Crippen LogP contribution in [0.3, 0.4) is 0 Å². The summed E-state index contributed by atoms with van der Waals surface area (Å²) in [5.41, 5.74) is 7.84. The van der Waals surface area contributed by atoms with Crippen LogP contribution in [-0.2, 0) is 7.05 Å². The van der Waals surface area contributed by atoms with Crippen molar-refractivity contribution in [1.29, 1.82) is 0 Å². The summed E-state index contributed by atoms with van der Waals surface area (Å²) < 4.78 is 1.57. The SMILES string of the molecule is Cc1nn(C)cc1N1C(=O)c2cccc(N)c2C1=O. The number of aromatic nitrogens is 2. The van der Waals surface area contributed by atoms with Gasteiger partial charge >= 0.3 is 0 Å². The largest absolute Gasteiger partial charge is 0.398 e. The Morgan fingerprint density at radius 2 is 1.95 bits per heavy atom. The molecule has 19 heavy (non-hydrogen) atoms. The normalized spacial score (nSPS) is 14.1. The summed E-state index contributed by atoms with van der Waals surface area (Å²) in [5.74, 6) is -0.752. The van der Waals surface area contributed by atoms with Gasteiger partial charge in [-0.2, -0.15) is 5.10 Å². The maximum atomic E-state index is 12.4. The molecular formula is C13H12N4O2. The Labute approximate surface area is 109 Å². The molecule has 2 aromatic rings. The summed E-state index contributed by atoms with van der Waals surface area (Å²) in [6, 6.07) is 4.89. The van der Waals surface area contributed by atoms with Crippen molar-refractivity contribution in [3.05, 3.63) is 41.2 Å². The van der Waals surface area contributed by atoms with Crippen LogP contribution < -0.4 is 10.6 Å². The van der Waals surface area contributed by atoms with Crippen LogP contribution in [0.1, 0.15) is 26.4 Å². The summed E-state index contributed by atoms with van der Waals surface area (Å²) in [7, 11) is 1.74. The number of nitrogens with two attached hydrogens (primary N) is 1. The van der Waals surface area contributed by atoms with E-state index in [0.717, 1.165) is 4.90 Å². The van der Waals surface area contributed by atoms with Gasteiger partial charge in [0.1, 0.15) is 0 Å². The zero-order valence-electron chi connectivity index (χ0n) is 10.5. The van der Waals surface area contributed by atoms with Crippen molar-refractivity contribution in [2.24, 2.45) is 7.05 Å². The average molecular weight is 256 g/mol. The molecule has 0 unspecified atom stereocenters. The van der Waals surface area contributed by atoms with E-state index in [-0.39, 0.29) is 11.5 Å². The van der Waals surface area contributed by atoms with E-state index in [9.17, 15) is 9.59 Å². The molecule has 0 atom stereocenters. The molecule has 6 heteroatoms. The smallest absolute Gasteiger partial charge is 0.268 e. The maximum absolute atomic E-state index is 12.4. The van der Waals surface area contributed by atoms with Crippen LogP contribution in [0.2, 0.25) is 0 Å². The molecule has 0 saturated carbocycles. The number of carbonyl (C=O) groups is 2. The predicted octanol–water partition coefficient (Wildman–Crippen LogP) is 1.11. The van der Waals surface area contributed by atoms with E-state index < -0.39 is 5.91 Å². The van der Waals surface area contributed by atoms with Crippen LogP contribution >= 0.6 is 0 Å². The molecule has 1 aromatic heterocycles. The van der Waals surface area contributed by atoms with E-state index in [1.807, 2.05) is 0 Å². The average Bonchev–Trinajstić information content (AvgIpc) is 2.79. The standard InChI is InChI=1S/C13H12N4O2/c1-7-10(6-16(2)15-7)17-12(18)8-4-3-5-9(14)11(8)13(17)19/h3-6H,14H2,1-2H3. The van der Waals surface area contributed by atoms with Gasteiger partial charge in [0, 0.05) is 18.9 Å². The molecule has 6 nitrogen and oxygen atoms in total. The summed E-state index contributed by atoms with van der Waals surface area (Å²) in [5, 5.41) is 4.15. The van der Waals surface area contributed by atoms with Crippen molar-refractivity contribution in [2.45, 2.75) is 6.92 Å². The molecule has 1 aliphatic heterocycles. The van der Waals surface area contributed by atoms with Crippen molar-refractivity contribution < 1.29 is 9.59 Å². The minimum absolute atomic E-state index is 0.274. The highest BCUT2D eigenvalue weighted by Gasteiger charge is 2.39. The summed E-state index contributed by atoms with van der Waals surface area (Å²) >= 11 is 0. The number of nitrogens with zero attached hydrogens (tertiary/aromatic N) is 3. The number of benzene rings is 1. The van der Waals surface area contributed by atoms with Crippen LogP contribution in [0.15, 0.2) is 24.4 Å². The third kappa shape index (κ3) is 1.46. The molecule has 0 spiro atoms. The highest BCUT2D eigenvalue weighted by atomic mass is 16.2. The number of fused-ring (bicyclic) bond motifs is 1. The molecule has 0 radical (unpaired) electrons. The molecule has 0 bridgehead atoms. The van der Waals surface area contributed by atoms with E-state index in [4.69, 9.17) is 5.73 Å². The molecule has 2 amide bonds. The van der Waals surface area contributed by atoms with Gasteiger partial charge in [0.2, 0.25) is 0 Å². The zero-order chi connectivity index (χ0) is 13.7. The Balaban J connectivity index is 2.18. The lowest BCUT2D eigenvalue weighted by atomic mass is 10.1. The molecule has 0 aliphatic carbocycles. The number of hydrogen-bond donors (Lipinski definition) is 1. The second-order valence-corrected chi connectivity index (χ2v) is 4.49. The Hall–Kier alpha value is -2.63. The Morgan fingerprint density at radius 3 is 2.53 bits per heavy atom. The lowest BCUT2D eigenvalue weighted by Gasteiger charge is -2.11. The topological polar surface area (TPSA) is 81.2 Å². The number of anilines is 2. The van der Waals surface area contributed by atoms with E-state index >= 15 is 0 Å². The number of carbonyl (C=O) groups excluding carboxylic acids is 2. The van der Waals surface area contributed by atoms with Gasteiger partial charge in [-0.3, -0.25) is 14.3 Å². The summed E-state index contributed by atoms with van der Waals surface area (Å²) in [6.07, 6.45) is 1.65. The molecule has 96 valence electrons. The van der Waals surface area contributed by atoms with Crippen molar-refractivity contribution in [3.63, 3.8) is 0 Å². The molecule has 2 N–H and O–H groups in total. The maximum Gasteiger partial charge on any atom is 0.268 e. The third-order valence-corrected chi connectivity index (χ3v) is 3.18. The number of rotatable bonds is 1. The first kappa shape index (κ1) is 11.5. The van der Waals surface area contributed by atoms with Crippen LogP contribution in [0.4, 0.5) is 11.4 Å². The summed E-state index contributed by atoms with van der Waals surface area (Å²) in [4.78, 5) is 25.8. The minimum atomic E-state index is -0.394. The fourth-order valence-corrected chi connectivity index (χ4v) is 2.34. The number of nitrogen functional groups attached to an aromatic ring is 1. The fraction of sp³-hybridized carbons (Fsp3) is 0.154. The molecule has 3 rings (SSSR count). The first-order valence-electron chi connectivity index (χ1n) is 5.78. The highest BCUT2D eigenvalue weighted by molar-refractivity contribution is 6.36. The first-order chi connectivity index (χ1) is 9.00. The van der Waals surface area contributed by atoms with Gasteiger partial charge in [-0.05, 0) is 19.1 Å². The van der Waals surface area contributed by atoms with Crippen LogP contribution in [0, 0.1) is 6.92 Å². The van der Waals surface area contributed by atoms with Crippen molar-refractivity contribution in [1.82, 2.24) is 9.78 Å². The van der Waals surface area contributed by atoms with Crippen LogP contribution in [-0.4, -0.2) is 21.6 Å². The van der Waals surface area contributed by atoms with Gasteiger partial charge in [-0.1, -0.05) is 6.07 Å². The van der Waals surface area contributed by atoms with E-state index in [1.54, 1.807) is 43.0 Å². The number of aryl methyl sites for hydroxylation is 2. The van der Waals surface area contributed by atoms with Crippen molar-refractivity contribution in [2.75, 3.05) is 10.6 Å². The summed E-state index contributed by atoms with van der Waals surface area (Å²) in [6.45, 7) is 1.75. The molecule has 2 heterocycles. The molecule has 1 aromatic carbocycles. The van der Waals surface area contributed by atoms with Crippen LogP contribution in [0.25, 0.3) is 0 Å². The van der Waals surface area contributed by atoms with Gasteiger partial charge in [0.25, 0.3) is 11.8 Å². The minimum Gasteiger partial charge on any atom is -0.398 e. The molecular weight excluding hydrogens is 244 g/mol. The Morgan fingerprint density at radius 1 is 1.21 bits per heavy atom. The Kier molecular flexibility index (Phi) is 2.22. The molecule has 1 aliphatic rings. The second-order valence-electron chi connectivity index (χ2n) is 4.49. The molecule has 0 fully saturated rings. The van der Waals surface area contributed by atoms with Gasteiger partial charge < -0.3 is 5.73 Å². The quantitative estimate of drug-likeness (QED) is 0.612. The monoisotopic (exact) mass is 256 g/mol. The fourth-order valence-electron chi connectivity index (χ4n) is 2.34. The predicted molar refractivity (Wildman–Crippen MR) is 69.9 cm³/mol. The van der Waals surface area contributed by atoms with E-state index in [0.29, 0.717) is 22.6 Å². The number of amides is 2. The van der Waals surface area contributed by atoms with E-state index in [1.165, 1.54) is 0 Å². The van der Waals surface area contributed by atoms with E-state index in [2.05, 4.69) is 5.10 Å². The number of hydrogen-bond acceptors (Lipinski definition) is 4. The van der Waals surface area contributed by atoms with Gasteiger partial charge in [0.05, 0.1) is 22.5 Å². The highest BCUT2D eigenvalue weighted by Crippen LogP contribution is 2.32. The Bertz CT molecular complexity index is 717. The lowest BCUT2D eigenvalue weighted by Crippen LogP contribution is -2.29. The lowest BCUT2D eigenvalue weighted by molar-refractivity contribution is 0.0926.